The lowest BCUT2D eigenvalue weighted by Crippen LogP contribution is -2.37. The van der Waals surface area contributed by atoms with E-state index in [1.807, 2.05) is 24.3 Å². The predicted octanol–water partition coefficient (Wildman–Crippen LogP) is 2.18. The van der Waals surface area contributed by atoms with E-state index in [0.717, 1.165) is 23.3 Å². The molecule has 7 nitrogen and oxygen atoms in total. The lowest BCUT2D eigenvalue weighted by molar-refractivity contribution is -0.121. The molecule has 0 radical (unpaired) electrons. The highest BCUT2D eigenvalue weighted by Crippen LogP contribution is 2.15. The molecule has 26 heavy (non-hydrogen) atoms. The van der Waals surface area contributed by atoms with Gasteiger partial charge >= 0.3 is 0 Å². The Hall–Kier alpha value is -2.74. The van der Waals surface area contributed by atoms with Crippen LogP contribution in [0.25, 0.3) is 0 Å². The Morgan fingerprint density at radius 3 is 2.15 bits per heavy atom. The van der Waals surface area contributed by atoms with Crippen molar-refractivity contribution in [3.05, 3.63) is 54.1 Å². The van der Waals surface area contributed by atoms with Gasteiger partial charge in [-0.05, 0) is 48.9 Å². The summed E-state index contributed by atoms with van der Waals surface area (Å²) < 4.78 is 29.9. The van der Waals surface area contributed by atoms with Crippen molar-refractivity contribution in [2.75, 3.05) is 23.4 Å². The summed E-state index contributed by atoms with van der Waals surface area (Å²) in [6.07, 6.45) is 1.09. The number of nitrogens with one attached hydrogen (secondary N) is 3. The molecule has 0 heterocycles. The van der Waals surface area contributed by atoms with Crippen molar-refractivity contribution < 1.29 is 17.9 Å². The molecule has 1 atom stereocenters. The van der Waals surface area contributed by atoms with Gasteiger partial charge in [0, 0.05) is 17.9 Å². The SMILES string of the molecule is COc1ccc(CNC(=O)C(C)Nc2ccc(NS(C)(=O)=O)cc2)cc1. The molecule has 0 saturated carbocycles. The maximum absolute atomic E-state index is 12.2. The van der Waals surface area contributed by atoms with Gasteiger partial charge in [0.15, 0.2) is 0 Å². The normalized spacial score (nSPS) is 12.1. The zero-order valence-corrected chi connectivity index (χ0v) is 15.8. The van der Waals surface area contributed by atoms with Gasteiger partial charge in [-0.2, -0.15) is 0 Å². The Morgan fingerprint density at radius 2 is 1.62 bits per heavy atom. The summed E-state index contributed by atoms with van der Waals surface area (Å²) in [5, 5.41) is 5.94. The summed E-state index contributed by atoms with van der Waals surface area (Å²) in [7, 11) is -1.70. The monoisotopic (exact) mass is 377 g/mol. The van der Waals surface area contributed by atoms with Crippen LogP contribution < -0.4 is 20.1 Å². The lowest BCUT2D eigenvalue weighted by Gasteiger charge is -2.16. The molecule has 0 aromatic heterocycles. The average Bonchev–Trinajstić information content (AvgIpc) is 2.60. The minimum Gasteiger partial charge on any atom is -0.497 e. The quantitative estimate of drug-likeness (QED) is 0.655. The third-order valence-corrected chi connectivity index (χ3v) is 4.20. The summed E-state index contributed by atoms with van der Waals surface area (Å²) in [5.41, 5.74) is 2.16. The van der Waals surface area contributed by atoms with Crippen LogP contribution in [0.2, 0.25) is 0 Å². The number of hydrogen-bond donors (Lipinski definition) is 3. The second-order valence-corrected chi connectivity index (χ2v) is 7.63. The Labute approximate surface area is 153 Å². The van der Waals surface area contributed by atoms with Crippen molar-refractivity contribution in [3.63, 3.8) is 0 Å². The molecule has 2 aromatic carbocycles. The summed E-state index contributed by atoms with van der Waals surface area (Å²) in [5.74, 6) is 0.628. The maximum atomic E-state index is 12.2. The van der Waals surface area contributed by atoms with E-state index < -0.39 is 16.1 Å². The van der Waals surface area contributed by atoms with Gasteiger partial charge in [0.1, 0.15) is 11.8 Å². The second-order valence-electron chi connectivity index (χ2n) is 5.88. The minimum absolute atomic E-state index is 0.140. The van der Waals surface area contributed by atoms with E-state index in [-0.39, 0.29) is 5.91 Å². The van der Waals surface area contributed by atoms with E-state index in [4.69, 9.17) is 4.74 Å². The Balaban J connectivity index is 1.85. The van der Waals surface area contributed by atoms with Crippen LogP contribution in [0.15, 0.2) is 48.5 Å². The van der Waals surface area contributed by atoms with Crippen LogP contribution in [0.5, 0.6) is 5.75 Å². The van der Waals surface area contributed by atoms with Crippen LogP contribution >= 0.6 is 0 Å². The molecule has 3 N–H and O–H groups in total. The number of benzene rings is 2. The van der Waals surface area contributed by atoms with E-state index in [1.165, 1.54) is 0 Å². The largest absolute Gasteiger partial charge is 0.497 e. The van der Waals surface area contributed by atoms with Crippen molar-refractivity contribution in [2.24, 2.45) is 0 Å². The second kappa shape index (κ2) is 8.57. The van der Waals surface area contributed by atoms with Gasteiger partial charge in [0.05, 0.1) is 13.4 Å². The number of hydrogen-bond acceptors (Lipinski definition) is 5. The number of rotatable bonds is 8. The zero-order valence-electron chi connectivity index (χ0n) is 14.9. The third kappa shape index (κ3) is 6.29. The summed E-state index contributed by atoms with van der Waals surface area (Å²) in [6.45, 7) is 2.18. The first kappa shape index (κ1) is 19.6. The highest BCUT2D eigenvalue weighted by atomic mass is 32.2. The average molecular weight is 377 g/mol. The number of sulfonamides is 1. The van der Waals surface area contributed by atoms with Crippen LogP contribution in [0, 0.1) is 0 Å². The molecule has 2 aromatic rings. The van der Waals surface area contributed by atoms with Crippen LogP contribution in [0.1, 0.15) is 12.5 Å². The molecule has 0 spiro atoms. The van der Waals surface area contributed by atoms with Gasteiger partial charge < -0.3 is 15.4 Å². The van der Waals surface area contributed by atoms with Gasteiger partial charge in [-0.25, -0.2) is 8.42 Å². The first-order chi connectivity index (χ1) is 12.3. The molecule has 0 fully saturated rings. The van der Waals surface area contributed by atoms with Gasteiger partial charge in [0.25, 0.3) is 0 Å². The molecule has 8 heteroatoms. The zero-order chi connectivity index (χ0) is 19.2. The first-order valence-corrected chi connectivity index (χ1v) is 9.91. The van der Waals surface area contributed by atoms with Crippen molar-refractivity contribution in [1.82, 2.24) is 5.32 Å². The minimum atomic E-state index is -3.31. The van der Waals surface area contributed by atoms with Crippen molar-refractivity contribution in [2.45, 2.75) is 19.5 Å². The molecular formula is C18H23N3O4S. The predicted molar refractivity (Wildman–Crippen MR) is 103 cm³/mol. The van der Waals surface area contributed by atoms with E-state index >= 15 is 0 Å². The topological polar surface area (TPSA) is 96.5 Å². The number of ether oxygens (including phenoxy) is 1. The molecule has 0 aliphatic rings. The Bertz CT molecular complexity index is 834. The van der Waals surface area contributed by atoms with E-state index in [9.17, 15) is 13.2 Å². The number of carbonyl (C=O) groups is 1. The first-order valence-electron chi connectivity index (χ1n) is 8.02. The van der Waals surface area contributed by atoms with E-state index in [0.29, 0.717) is 12.2 Å². The molecule has 0 saturated heterocycles. The maximum Gasteiger partial charge on any atom is 0.242 e. The van der Waals surface area contributed by atoms with Crippen molar-refractivity contribution in [1.29, 1.82) is 0 Å². The van der Waals surface area contributed by atoms with Gasteiger partial charge in [-0.15, -0.1) is 0 Å². The Morgan fingerprint density at radius 1 is 1.04 bits per heavy atom. The van der Waals surface area contributed by atoms with Crippen LogP contribution in [-0.4, -0.2) is 33.7 Å². The molecule has 140 valence electrons. The molecule has 0 bridgehead atoms. The number of carbonyl (C=O) groups excluding carboxylic acids is 1. The summed E-state index contributed by atoms with van der Waals surface area (Å²) in [4.78, 5) is 12.2. The molecule has 1 amide bonds. The smallest absolute Gasteiger partial charge is 0.242 e. The summed E-state index contributed by atoms with van der Waals surface area (Å²) >= 11 is 0. The number of methoxy groups -OCH3 is 1. The fourth-order valence-corrected chi connectivity index (χ4v) is 2.81. The van der Waals surface area contributed by atoms with Crippen molar-refractivity contribution in [3.8, 4) is 5.75 Å². The van der Waals surface area contributed by atoms with Crippen LogP contribution in [0.4, 0.5) is 11.4 Å². The highest BCUT2D eigenvalue weighted by molar-refractivity contribution is 7.92. The fraction of sp³-hybridized carbons (Fsp3) is 0.278. The summed E-state index contributed by atoms with van der Waals surface area (Å²) in [6, 6.07) is 13.7. The lowest BCUT2D eigenvalue weighted by atomic mass is 10.2. The number of anilines is 2. The highest BCUT2D eigenvalue weighted by Gasteiger charge is 2.12. The third-order valence-electron chi connectivity index (χ3n) is 3.59. The molecule has 2 rings (SSSR count). The molecule has 1 unspecified atom stereocenters. The number of amides is 1. The Kier molecular flexibility index (Phi) is 6.46. The van der Waals surface area contributed by atoms with E-state index in [1.54, 1.807) is 38.3 Å². The fourth-order valence-electron chi connectivity index (χ4n) is 2.25. The van der Waals surface area contributed by atoms with Gasteiger partial charge in [0.2, 0.25) is 15.9 Å². The van der Waals surface area contributed by atoms with Crippen LogP contribution in [0.3, 0.4) is 0 Å². The van der Waals surface area contributed by atoms with E-state index in [2.05, 4.69) is 15.4 Å². The molecule has 0 aliphatic carbocycles. The van der Waals surface area contributed by atoms with Crippen LogP contribution in [-0.2, 0) is 21.4 Å². The standard InChI is InChI=1S/C18H23N3O4S/c1-13(18(22)19-12-14-4-10-17(25-2)11-5-14)20-15-6-8-16(9-7-15)21-26(3,23)24/h4-11,13,20-21H,12H2,1-3H3,(H,19,22). The van der Waals surface area contributed by atoms with Gasteiger partial charge in [-0.1, -0.05) is 12.1 Å². The van der Waals surface area contributed by atoms with Crippen molar-refractivity contribution >= 4 is 27.3 Å². The molecule has 0 aliphatic heterocycles. The van der Waals surface area contributed by atoms with Gasteiger partial charge in [-0.3, -0.25) is 9.52 Å². The molecular weight excluding hydrogens is 354 g/mol.